The lowest BCUT2D eigenvalue weighted by molar-refractivity contribution is 0.251. The summed E-state index contributed by atoms with van der Waals surface area (Å²) in [5, 5.41) is 0. The Labute approximate surface area is 107 Å². The van der Waals surface area contributed by atoms with E-state index in [1.807, 2.05) is 0 Å². The second-order valence-electron chi connectivity index (χ2n) is 4.10. The van der Waals surface area contributed by atoms with Crippen molar-refractivity contribution in [1.82, 2.24) is 4.72 Å². The van der Waals surface area contributed by atoms with E-state index >= 15 is 0 Å². The first-order valence-corrected chi connectivity index (χ1v) is 8.05. The highest BCUT2D eigenvalue weighted by molar-refractivity contribution is 9.11. The van der Waals surface area contributed by atoms with Crippen molar-refractivity contribution < 1.29 is 8.42 Å². The molecule has 1 aliphatic rings. The molecule has 1 aromatic heterocycles. The summed E-state index contributed by atoms with van der Waals surface area (Å²) < 4.78 is 27.4. The average molecular weight is 325 g/mol. The van der Waals surface area contributed by atoms with Gasteiger partial charge in [-0.25, -0.2) is 13.1 Å². The molecule has 0 spiro atoms. The van der Waals surface area contributed by atoms with Crippen LogP contribution in [0.3, 0.4) is 0 Å². The maximum Gasteiger partial charge on any atom is 0.250 e. The van der Waals surface area contributed by atoms with E-state index in [1.54, 1.807) is 12.1 Å². The minimum absolute atomic E-state index is 0.322. The number of nitrogens with one attached hydrogen (secondary N) is 1. The Hall–Kier alpha value is 0.0500. The molecule has 1 aromatic rings. The molecule has 1 saturated carbocycles. The summed E-state index contributed by atoms with van der Waals surface area (Å²) >= 11 is 4.44. The van der Waals surface area contributed by atoms with Crippen LogP contribution in [-0.4, -0.2) is 20.5 Å². The number of hydrogen-bond donors (Lipinski definition) is 2. The highest BCUT2D eigenvalue weighted by Crippen LogP contribution is 2.30. The summed E-state index contributed by atoms with van der Waals surface area (Å²) in [6.45, 7) is 0.324. The van der Waals surface area contributed by atoms with Gasteiger partial charge in [0.15, 0.2) is 0 Å². The highest BCUT2D eigenvalue weighted by atomic mass is 79.9. The zero-order chi connectivity index (χ0) is 11.8. The molecule has 0 radical (unpaired) electrons. The van der Waals surface area contributed by atoms with Crippen molar-refractivity contribution in [1.29, 1.82) is 0 Å². The first kappa shape index (κ1) is 12.5. The second kappa shape index (κ2) is 4.38. The number of halogens is 1. The molecule has 90 valence electrons. The van der Waals surface area contributed by atoms with Crippen LogP contribution in [0.5, 0.6) is 0 Å². The van der Waals surface area contributed by atoms with E-state index in [0.717, 1.165) is 23.0 Å². The fourth-order valence-corrected chi connectivity index (χ4v) is 4.75. The molecule has 0 amide bonds. The number of rotatable bonds is 4. The summed E-state index contributed by atoms with van der Waals surface area (Å²) in [4.78, 5) is 0. The molecule has 3 N–H and O–H groups in total. The Bertz CT molecular complexity index is 479. The number of nitrogens with two attached hydrogens (primary N) is 1. The molecular formula is C9H13BrN2O2S2. The zero-order valence-electron chi connectivity index (χ0n) is 8.57. The van der Waals surface area contributed by atoms with Gasteiger partial charge >= 0.3 is 0 Å². The van der Waals surface area contributed by atoms with Crippen LogP contribution < -0.4 is 10.5 Å². The van der Waals surface area contributed by atoms with Gasteiger partial charge in [-0.05, 0) is 47.3 Å². The molecule has 4 nitrogen and oxygen atoms in total. The van der Waals surface area contributed by atoms with Crippen LogP contribution in [0.25, 0.3) is 0 Å². The van der Waals surface area contributed by atoms with Crippen molar-refractivity contribution in [2.75, 3.05) is 6.54 Å². The van der Waals surface area contributed by atoms with Crippen molar-refractivity contribution in [2.24, 2.45) is 5.73 Å². The van der Waals surface area contributed by atoms with Gasteiger partial charge in [0.2, 0.25) is 10.0 Å². The van der Waals surface area contributed by atoms with Crippen LogP contribution in [0.4, 0.5) is 0 Å². The molecule has 7 heteroatoms. The molecule has 0 aliphatic heterocycles. The number of sulfonamides is 1. The van der Waals surface area contributed by atoms with Crippen molar-refractivity contribution in [3.05, 3.63) is 15.9 Å². The molecule has 0 atom stereocenters. The molecule has 0 aromatic carbocycles. The van der Waals surface area contributed by atoms with Gasteiger partial charge in [-0.1, -0.05) is 0 Å². The normalized spacial score (nSPS) is 19.4. The van der Waals surface area contributed by atoms with Gasteiger partial charge in [-0.3, -0.25) is 0 Å². The zero-order valence-corrected chi connectivity index (χ0v) is 11.8. The fraction of sp³-hybridized carbons (Fsp3) is 0.556. The van der Waals surface area contributed by atoms with Gasteiger partial charge in [-0.15, -0.1) is 11.3 Å². The molecule has 16 heavy (non-hydrogen) atoms. The standard InChI is InChI=1S/C9H13BrN2O2S2/c10-7-2-3-8(15-7)16(13,14)12-6-9(11)4-1-5-9/h2-3,12H,1,4-6,11H2. The monoisotopic (exact) mass is 324 g/mol. The summed E-state index contributed by atoms with van der Waals surface area (Å²) in [7, 11) is -3.39. The highest BCUT2D eigenvalue weighted by Gasteiger charge is 2.33. The van der Waals surface area contributed by atoms with Gasteiger partial charge in [0, 0.05) is 12.1 Å². The first-order valence-electron chi connectivity index (χ1n) is 4.95. The van der Waals surface area contributed by atoms with Crippen LogP contribution in [0, 0.1) is 0 Å². The quantitative estimate of drug-likeness (QED) is 0.884. The molecule has 0 unspecified atom stereocenters. The molecule has 2 rings (SSSR count). The Kier molecular flexibility index (Phi) is 3.42. The van der Waals surface area contributed by atoms with E-state index in [2.05, 4.69) is 20.7 Å². The largest absolute Gasteiger partial charge is 0.324 e. The molecule has 1 aliphatic carbocycles. The molecule has 1 fully saturated rings. The Morgan fingerprint density at radius 3 is 2.62 bits per heavy atom. The predicted octanol–water partition coefficient (Wildman–Crippen LogP) is 1.67. The SMILES string of the molecule is NC1(CNS(=O)(=O)c2ccc(Br)s2)CCC1. The van der Waals surface area contributed by atoms with E-state index in [9.17, 15) is 8.42 Å². The summed E-state index contributed by atoms with van der Waals surface area (Å²) in [6, 6.07) is 3.31. The molecule has 0 saturated heterocycles. The van der Waals surface area contributed by atoms with Crippen molar-refractivity contribution >= 4 is 37.3 Å². The third kappa shape index (κ3) is 2.65. The van der Waals surface area contributed by atoms with Crippen LogP contribution in [0.15, 0.2) is 20.1 Å². The lowest BCUT2D eigenvalue weighted by atomic mass is 9.78. The van der Waals surface area contributed by atoms with Crippen molar-refractivity contribution in [3.8, 4) is 0 Å². The van der Waals surface area contributed by atoms with Crippen LogP contribution in [0.1, 0.15) is 19.3 Å². The minimum atomic E-state index is -3.39. The van der Waals surface area contributed by atoms with E-state index in [-0.39, 0.29) is 5.54 Å². The Morgan fingerprint density at radius 1 is 1.50 bits per heavy atom. The maximum absolute atomic E-state index is 11.9. The fourth-order valence-electron chi connectivity index (χ4n) is 1.56. The summed E-state index contributed by atoms with van der Waals surface area (Å²) in [6.07, 6.45) is 2.87. The molecular weight excluding hydrogens is 312 g/mol. The van der Waals surface area contributed by atoms with E-state index < -0.39 is 10.0 Å². The summed E-state index contributed by atoms with van der Waals surface area (Å²) in [5.41, 5.74) is 5.63. The number of hydrogen-bond acceptors (Lipinski definition) is 4. The lowest BCUT2D eigenvalue weighted by Gasteiger charge is -2.37. The summed E-state index contributed by atoms with van der Waals surface area (Å²) in [5.74, 6) is 0. The lowest BCUT2D eigenvalue weighted by Crippen LogP contribution is -2.54. The molecule has 0 bridgehead atoms. The van der Waals surface area contributed by atoms with Crippen molar-refractivity contribution in [2.45, 2.75) is 29.0 Å². The third-order valence-electron chi connectivity index (χ3n) is 2.78. The van der Waals surface area contributed by atoms with E-state index in [1.165, 1.54) is 11.3 Å². The van der Waals surface area contributed by atoms with Gasteiger partial charge in [-0.2, -0.15) is 0 Å². The topological polar surface area (TPSA) is 72.2 Å². The second-order valence-corrected chi connectivity index (χ2v) is 8.56. The van der Waals surface area contributed by atoms with Gasteiger partial charge < -0.3 is 5.73 Å². The van der Waals surface area contributed by atoms with Crippen LogP contribution in [0.2, 0.25) is 0 Å². The van der Waals surface area contributed by atoms with Crippen molar-refractivity contribution in [3.63, 3.8) is 0 Å². The van der Waals surface area contributed by atoms with Gasteiger partial charge in [0.1, 0.15) is 4.21 Å². The third-order valence-corrected chi connectivity index (χ3v) is 6.29. The van der Waals surface area contributed by atoms with E-state index in [4.69, 9.17) is 5.73 Å². The van der Waals surface area contributed by atoms with Gasteiger partial charge in [0.05, 0.1) is 3.79 Å². The Morgan fingerprint density at radius 2 is 2.19 bits per heavy atom. The van der Waals surface area contributed by atoms with Crippen LogP contribution in [-0.2, 0) is 10.0 Å². The van der Waals surface area contributed by atoms with Crippen LogP contribution >= 0.6 is 27.3 Å². The minimum Gasteiger partial charge on any atom is -0.324 e. The first-order chi connectivity index (χ1) is 7.41. The van der Waals surface area contributed by atoms with E-state index in [0.29, 0.717) is 10.8 Å². The smallest absolute Gasteiger partial charge is 0.250 e. The van der Waals surface area contributed by atoms with Gasteiger partial charge in [0.25, 0.3) is 0 Å². The Balaban J connectivity index is 2.03. The predicted molar refractivity (Wildman–Crippen MR) is 68.0 cm³/mol. The average Bonchev–Trinajstić information content (AvgIpc) is 2.60. The number of thiophene rings is 1. The molecule has 1 heterocycles. The maximum atomic E-state index is 11.9.